The van der Waals surface area contributed by atoms with Crippen molar-refractivity contribution in [2.75, 3.05) is 6.61 Å². The van der Waals surface area contributed by atoms with E-state index in [0.717, 1.165) is 5.56 Å². The molecule has 0 saturated carbocycles. The predicted octanol–water partition coefficient (Wildman–Crippen LogP) is 2.04. The molecule has 0 aliphatic carbocycles. The summed E-state index contributed by atoms with van der Waals surface area (Å²) in [5.41, 5.74) is 1.63. The Morgan fingerprint density at radius 1 is 1.57 bits per heavy atom. The minimum Gasteiger partial charge on any atom is -0.462 e. The molecule has 0 heterocycles. The van der Waals surface area contributed by atoms with E-state index in [-0.39, 0.29) is 0 Å². The van der Waals surface area contributed by atoms with Crippen molar-refractivity contribution in [3.8, 4) is 6.07 Å². The Hall–Kier alpha value is -1.82. The van der Waals surface area contributed by atoms with Crippen molar-refractivity contribution in [2.45, 2.75) is 13.8 Å². The Bertz CT molecular complexity index is 391. The fraction of sp³-hybridized carbons (Fsp3) is 0.273. The van der Waals surface area contributed by atoms with Crippen LogP contribution in [0, 0.1) is 18.3 Å². The highest BCUT2D eigenvalue weighted by molar-refractivity contribution is 5.92. The average molecular weight is 189 g/mol. The van der Waals surface area contributed by atoms with E-state index in [1.807, 2.05) is 13.0 Å². The minimum absolute atomic E-state index is 0.317. The van der Waals surface area contributed by atoms with E-state index in [1.165, 1.54) is 0 Å². The van der Waals surface area contributed by atoms with Gasteiger partial charge >= 0.3 is 5.97 Å². The van der Waals surface area contributed by atoms with Gasteiger partial charge in [-0.05, 0) is 26.0 Å². The van der Waals surface area contributed by atoms with Crippen molar-refractivity contribution in [1.82, 2.24) is 0 Å². The Morgan fingerprint density at radius 3 is 2.86 bits per heavy atom. The smallest absolute Gasteiger partial charge is 0.339 e. The molecule has 0 atom stereocenters. The lowest BCUT2D eigenvalue weighted by molar-refractivity contribution is 0.0526. The van der Waals surface area contributed by atoms with Gasteiger partial charge in [0, 0.05) is 0 Å². The van der Waals surface area contributed by atoms with Crippen LogP contribution >= 0.6 is 0 Å². The van der Waals surface area contributed by atoms with Crippen LogP contribution in [0.4, 0.5) is 0 Å². The third-order valence-corrected chi connectivity index (χ3v) is 1.79. The first-order valence-electron chi connectivity index (χ1n) is 4.37. The SMILES string of the molecule is CCOC(=O)c1cc(C)ccc1C#N. The van der Waals surface area contributed by atoms with Crippen LogP contribution in [-0.4, -0.2) is 12.6 Å². The summed E-state index contributed by atoms with van der Waals surface area (Å²) >= 11 is 0. The molecule has 0 bridgehead atoms. The van der Waals surface area contributed by atoms with Gasteiger partial charge in [0.05, 0.1) is 17.7 Å². The number of benzene rings is 1. The Morgan fingerprint density at radius 2 is 2.29 bits per heavy atom. The molecule has 1 rings (SSSR count). The summed E-state index contributed by atoms with van der Waals surface area (Å²) in [6.07, 6.45) is 0. The number of nitrogens with zero attached hydrogens (tertiary/aromatic N) is 1. The van der Waals surface area contributed by atoms with E-state index in [9.17, 15) is 4.79 Å². The third kappa shape index (κ3) is 2.11. The van der Waals surface area contributed by atoms with E-state index in [0.29, 0.717) is 17.7 Å². The zero-order valence-corrected chi connectivity index (χ0v) is 8.20. The maximum absolute atomic E-state index is 11.4. The maximum Gasteiger partial charge on any atom is 0.339 e. The topological polar surface area (TPSA) is 50.1 Å². The normalized spacial score (nSPS) is 9.21. The Balaban J connectivity index is 3.12. The molecule has 0 N–H and O–H groups in total. The van der Waals surface area contributed by atoms with Crippen LogP contribution in [0.2, 0.25) is 0 Å². The van der Waals surface area contributed by atoms with Gasteiger partial charge in [0.2, 0.25) is 0 Å². The van der Waals surface area contributed by atoms with E-state index in [2.05, 4.69) is 0 Å². The van der Waals surface area contributed by atoms with E-state index >= 15 is 0 Å². The number of carbonyl (C=O) groups excluding carboxylic acids is 1. The largest absolute Gasteiger partial charge is 0.462 e. The highest BCUT2D eigenvalue weighted by Crippen LogP contribution is 2.11. The van der Waals surface area contributed by atoms with E-state index in [4.69, 9.17) is 10.00 Å². The maximum atomic E-state index is 11.4. The Kier molecular flexibility index (Phi) is 3.24. The summed E-state index contributed by atoms with van der Waals surface area (Å²) in [5.74, 6) is -0.437. The monoisotopic (exact) mass is 189 g/mol. The number of nitriles is 1. The zero-order chi connectivity index (χ0) is 10.6. The number of aryl methyl sites for hydroxylation is 1. The Labute approximate surface area is 82.9 Å². The summed E-state index contributed by atoms with van der Waals surface area (Å²) in [5, 5.41) is 8.77. The standard InChI is InChI=1S/C11H11NO2/c1-3-14-11(13)10-6-8(2)4-5-9(10)7-12/h4-6H,3H2,1-2H3. The molecule has 0 amide bonds. The molecular formula is C11H11NO2. The number of hydrogen-bond donors (Lipinski definition) is 0. The van der Waals surface area contributed by atoms with Gasteiger partial charge in [0.25, 0.3) is 0 Å². The van der Waals surface area contributed by atoms with Crippen LogP contribution in [0.1, 0.15) is 28.4 Å². The lowest BCUT2D eigenvalue weighted by Gasteiger charge is -2.04. The predicted molar refractivity (Wildman–Crippen MR) is 51.9 cm³/mol. The fourth-order valence-electron chi connectivity index (χ4n) is 1.13. The van der Waals surface area contributed by atoms with Gasteiger partial charge < -0.3 is 4.74 Å². The second-order valence-corrected chi connectivity index (χ2v) is 2.88. The molecule has 0 aromatic heterocycles. The number of hydrogen-bond acceptors (Lipinski definition) is 3. The summed E-state index contributed by atoms with van der Waals surface area (Å²) in [6.45, 7) is 3.92. The first kappa shape index (κ1) is 10.3. The van der Waals surface area contributed by atoms with Gasteiger partial charge in [-0.1, -0.05) is 11.6 Å². The number of rotatable bonds is 2. The highest BCUT2D eigenvalue weighted by Gasteiger charge is 2.11. The summed E-state index contributed by atoms with van der Waals surface area (Å²) in [4.78, 5) is 11.4. The van der Waals surface area contributed by atoms with Crippen LogP contribution in [0.3, 0.4) is 0 Å². The molecule has 0 unspecified atom stereocenters. The second-order valence-electron chi connectivity index (χ2n) is 2.88. The van der Waals surface area contributed by atoms with Crippen LogP contribution in [0.25, 0.3) is 0 Å². The minimum atomic E-state index is -0.437. The highest BCUT2D eigenvalue weighted by atomic mass is 16.5. The molecule has 0 aliphatic heterocycles. The first-order valence-corrected chi connectivity index (χ1v) is 4.37. The molecule has 3 nitrogen and oxygen atoms in total. The van der Waals surface area contributed by atoms with Gasteiger partial charge in [-0.2, -0.15) is 5.26 Å². The van der Waals surface area contributed by atoms with Crippen LogP contribution < -0.4 is 0 Å². The third-order valence-electron chi connectivity index (χ3n) is 1.79. The molecule has 1 aromatic rings. The van der Waals surface area contributed by atoms with Crippen LogP contribution in [0.5, 0.6) is 0 Å². The summed E-state index contributed by atoms with van der Waals surface area (Å²) in [7, 11) is 0. The van der Waals surface area contributed by atoms with Crippen molar-refractivity contribution < 1.29 is 9.53 Å². The van der Waals surface area contributed by atoms with Crippen molar-refractivity contribution in [3.63, 3.8) is 0 Å². The molecule has 1 aromatic carbocycles. The number of ether oxygens (including phenoxy) is 1. The lowest BCUT2D eigenvalue weighted by Crippen LogP contribution is -2.07. The number of esters is 1. The van der Waals surface area contributed by atoms with Crippen LogP contribution in [-0.2, 0) is 4.74 Å². The first-order chi connectivity index (χ1) is 6.69. The van der Waals surface area contributed by atoms with E-state index in [1.54, 1.807) is 25.1 Å². The van der Waals surface area contributed by atoms with Gasteiger partial charge in [-0.25, -0.2) is 4.79 Å². The van der Waals surface area contributed by atoms with Crippen molar-refractivity contribution in [1.29, 1.82) is 5.26 Å². The van der Waals surface area contributed by atoms with Gasteiger partial charge in [-0.3, -0.25) is 0 Å². The molecular weight excluding hydrogens is 178 g/mol. The summed E-state index contributed by atoms with van der Waals surface area (Å²) in [6, 6.07) is 7.04. The number of carbonyl (C=O) groups is 1. The van der Waals surface area contributed by atoms with Crippen molar-refractivity contribution in [2.24, 2.45) is 0 Å². The molecule has 0 saturated heterocycles. The molecule has 0 fully saturated rings. The fourth-order valence-corrected chi connectivity index (χ4v) is 1.13. The quantitative estimate of drug-likeness (QED) is 0.669. The zero-order valence-electron chi connectivity index (χ0n) is 8.20. The second kappa shape index (κ2) is 4.43. The molecule has 0 spiro atoms. The summed E-state index contributed by atoms with van der Waals surface area (Å²) < 4.78 is 4.84. The molecule has 0 aliphatic rings. The van der Waals surface area contributed by atoms with Crippen molar-refractivity contribution in [3.05, 3.63) is 34.9 Å². The van der Waals surface area contributed by atoms with Gasteiger partial charge in [-0.15, -0.1) is 0 Å². The molecule has 72 valence electrons. The van der Waals surface area contributed by atoms with Gasteiger partial charge in [0.1, 0.15) is 6.07 Å². The molecule has 3 heteroatoms. The van der Waals surface area contributed by atoms with Crippen molar-refractivity contribution >= 4 is 5.97 Å². The molecule has 0 radical (unpaired) electrons. The molecule has 14 heavy (non-hydrogen) atoms. The van der Waals surface area contributed by atoms with Crippen LogP contribution in [0.15, 0.2) is 18.2 Å². The van der Waals surface area contributed by atoms with Gasteiger partial charge in [0.15, 0.2) is 0 Å². The lowest BCUT2D eigenvalue weighted by atomic mass is 10.1. The average Bonchev–Trinajstić information content (AvgIpc) is 2.18. The van der Waals surface area contributed by atoms with E-state index < -0.39 is 5.97 Å².